The third-order valence-electron chi connectivity index (χ3n) is 4.92. The van der Waals surface area contributed by atoms with Gasteiger partial charge < -0.3 is 4.74 Å². The van der Waals surface area contributed by atoms with Crippen LogP contribution in [0.5, 0.6) is 0 Å². The number of nitrogens with one attached hydrogen (secondary N) is 1. The van der Waals surface area contributed by atoms with E-state index in [1.54, 1.807) is 19.1 Å². The molecule has 0 bridgehead atoms. The number of rotatable bonds is 6. The molecule has 0 aromatic heterocycles. The van der Waals surface area contributed by atoms with Crippen LogP contribution in [0.15, 0.2) is 24.3 Å². The van der Waals surface area contributed by atoms with Crippen LogP contribution in [-0.2, 0) is 21.3 Å². The summed E-state index contributed by atoms with van der Waals surface area (Å²) in [5.41, 5.74) is 0.889. The first-order valence-electron chi connectivity index (χ1n) is 8.48. The van der Waals surface area contributed by atoms with Crippen molar-refractivity contribution in [3.05, 3.63) is 35.6 Å². The zero-order valence-electron chi connectivity index (χ0n) is 14.0. The highest BCUT2D eigenvalue weighted by atomic mass is 32.2. The van der Waals surface area contributed by atoms with E-state index < -0.39 is 10.0 Å². The van der Waals surface area contributed by atoms with Crippen LogP contribution in [0.2, 0.25) is 0 Å². The van der Waals surface area contributed by atoms with Crippen molar-refractivity contribution in [2.75, 3.05) is 32.0 Å². The second kappa shape index (κ2) is 7.07. The first-order chi connectivity index (χ1) is 11.4. The zero-order valence-corrected chi connectivity index (χ0v) is 14.8. The Morgan fingerprint density at radius 1 is 1.42 bits per heavy atom. The molecule has 0 radical (unpaired) electrons. The highest BCUT2D eigenvalue weighted by Gasteiger charge is 2.46. The molecule has 2 fully saturated rings. The Morgan fingerprint density at radius 2 is 2.21 bits per heavy atom. The first-order valence-corrected chi connectivity index (χ1v) is 10.1. The second-order valence-electron chi connectivity index (χ2n) is 6.93. The minimum Gasteiger partial charge on any atom is -0.372 e. The second-order valence-corrected chi connectivity index (χ2v) is 9.02. The van der Waals surface area contributed by atoms with Gasteiger partial charge in [0, 0.05) is 26.2 Å². The van der Waals surface area contributed by atoms with Gasteiger partial charge in [-0.05, 0) is 43.4 Å². The standard InChI is InChI=1S/C17H25FN2O3S/c1-2-24(21,22)19-9-15-6-7-17(23-11-15)12-20(13-17)10-14-4-3-5-16(18)8-14/h3-5,8,15,19H,2,6-7,9-13H2,1H3/t15-/m1/s1. The van der Waals surface area contributed by atoms with E-state index >= 15 is 0 Å². The van der Waals surface area contributed by atoms with Crippen LogP contribution in [0.25, 0.3) is 0 Å². The number of halogens is 1. The van der Waals surface area contributed by atoms with Gasteiger partial charge in [-0.3, -0.25) is 4.90 Å². The summed E-state index contributed by atoms with van der Waals surface area (Å²) in [6.07, 6.45) is 1.92. The van der Waals surface area contributed by atoms with Gasteiger partial charge in [0.2, 0.25) is 10.0 Å². The minimum atomic E-state index is -3.13. The molecule has 2 heterocycles. The van der Waals surface area contributed by atoms with Crippen molar-refractivity contribution < 1.29 is 17.5 Å². The average Bonchev–Trinajstić information content (AvgIpc) is 2.53. The van der Waals surface area contributed by atoms with Crippen molar-refractivity contribution in [1.29, 1.82) is 0 Å². The lowest BCUT2D eigenvalue weighted by Crippen LogP contribution is -2.64. The number of hydrogen-bond donors (Lipinski definition) is 1. The Hall–Kier alpha value is -1.02. The Morgan fingerprint density at radius 3 is 2.83 bits per heavy atom. The number of sulfonamides is 1. The molecule has 0 unspecified atom stereocenters. The van der Waals surface area contributed by atoms with Crippen LogP contribution in [0, 0.1) is 11.7 Å². The number of nitrogens with zero attached hydrogens (tertiary/aromatic N) is 1. The third-order valence-corrected chi connectivity index (χ3v) is 6.29. The molecule has 0 aliphatic carbocycles. The minimum absolute atomic E-state index is 0.0898. The molecular weight excluding hydrogens is 331 g/mol. The van der Waals surface area contributed by atoms with Crippen LogP contribution >= 0.6 is 0 Å². The number of ether oxygens (including phenoxy) is 1. The van der Waals surface area contributed by atoms with Gasteiger partial charge in [-0.15, -0.1) is 0 Å². The van der Waals surface area contributed by atoms with Gasteiger partial charge in [0.05, 0.1) is 18.0 Å². The van der Waals surface area contributed by atoms with Crippen molar-refractivity contribution in [1.82, 2.24) is 9.62 Å². The third kappa shape index (κ3) is 4.33. The fourth-order valence-electron chi connectivity index (χ4n) is 3.45. The van der Waals surface area contributed by atoms with Crippen molar-refractivity contribution in [3.63, 3.8) is 0 Å². The quantitative estimate of drug-likeness (QED) is 0.844. The fourth-order valence-corrected chi connectivity index (χ4v) is 4.14. The summed E-state index contributed by atoms with van der Waals surface area (Å²) in [6.45, 7) is 5.14. The molecule has 0 saturated carbocycles. The summed E-state index contributed by atoms with van der Waals surface area (Å²) in [6, 6.07) is 6.70. The van der Waals surface area contributed by atoms with Crippen molar-refractivity contribution in [2.45, 2.75) is 31.9 Å². The fraction of sp³-hybridized carbons (Fsp3) is 0.647. The van der Waals surface area contributed by atoms with Crippen molar-refractivity contribution >= 4 is 10.0 Å². The Bertz CT molecular complexity index is 664. The molecule has 7 heteroatoms. The van der Waals surface area contributed by atoms with Crippen molar-refractivity contribution in [3.8, 4) is 0 Å². The summed E-state index contributed by atoms with van der Waals surface area (Å²) in [5, 5.41) is 0. The Labute approximate surface area is 143 Å². The van der Waals surface area contributed by atoms with E-state index in [4.69, 9.17) is 4.74 Å². The smallest absolute Gasteiger partial charge is 0.211 e. The number of hydrogen-bond acceptors (Lipinski definition) is 4. The molecule has 2 saturated heterocycles. The van der Waals surface area contributed by atoms with E-state index in [1.807, 2.05) is 6.07 Å². The van der Waals surface area contributed by atoms with Crippen LogP contribution in [-0.4, -0.2) is 50.9 Å². The van der Waals surface area contributed by atoms with E-state index in [0.717, 1.165) is 38.0 Å². The van der Waals surface area contributed by atoms with Crippen LogP contribution in [0.3, 0.4) is 0 Å². The maximum absolute atomic E-state index is 13.2. The van der Waals surface area contributed by atoms with E-state index in [2.05, 4.69) is 9.62 Å². The lowest BCUT2D eigenvalue weighted by Gasteiger charge is -2.53. The van der Waals surface area contributed by atoms with Gasteiger partial charge in [0.15, 0.2) is 0 Å². The molecule has 5 nitrogen and oxygen atoms in total. The van der Waals surface area contributed by atoms with Gasteiger partial charge >= 0.3 is 0 Å². The molecule has 24 heavy (non-hydrogen) atoms. The summed E-state index contributed by atoms with van der Waals surface area (Å²) in [5.74, 6) is 0.155. The normalized spacial score (nSPS) is 24.0. The largest absolute Gasteiger partial charge is 0.372 e. The number of likely N-dealkylation sites (tertiary alicyclic amines) is 1. The predicted molar refractivity (Wildman–Crippen MR) is 90.5 cm³/mol. The molecule has 1 spiro atoms. The van der Waals surface area contributed by atoms with Gasteiger partial charge in [-0.2, -0.15) is 0 Å². The highest BCUT2D eigenvalue weighted by Crippen LogP contribution is 2.36. The SMILES string of the molecule is CCS(=O)(=O)NC[C@H]1CCC2(CN(Cc3cccc(F)c3)C2)OC1. The van der Waals surface area contributed by atoms with Gasteiger partial charge in [-0.1, -0.05) is 12.1 Å². The molecular formula is C17H25FN2O3S. The van der Waals surface area contributed by atoms with Crippen LogP contribution < -0.4 is 4.72 Å². The summed E-state index contributed by atoms with van der Waals surface area (Å²) in [7, 11) is -3.13. The van der Waals surface area contributed by atoms with E-state index in [-0.39, 0.29) is 23.1 Å². The Balaban J connectivity index is 1.42. The lowest BCUT2D eigenvalue weighted by atomic mass is 9.83. The zero-order chi connectivity index (χ0) is 17.2. The Kier molecular flexibility index (Phi) is 5.24. The summed E-state index contributed by atoms with van der Waals surface area (Å²) in [4.78, 5) is 2.26. The molecule has 134 valence electrons. The van der Waals surface area contributed by atoms with Gasteiger partial charge in [0.1, 0.15) is 5.82 Å². The molecule has 2 aliphatic heterocycles. The molecule has 0 amide bonds. The van der Waals surface area contributed by atoms with Crippen LogP contribution in [0.1, 0.15) is 25.3 Å². The van der Waals surface area contributed by atoms with Crippen molar-refractivity contribution in [2.24, 2.45) is 5.92 Å². The summed E-state index contributed by atoms with van der Waals surface area (Å²) < 4.78 is 44.9. The first kappa shape index (κ1) is 17.8. The monoisotopic (exact) mass is 356 g/mol. The van der Waals surface area contributed by atoms with E-state index in [1.165, 1.54) is 6.07 Å². The molecule has 1 N–H and O–H groups in total. The molecule has 1 aromatic carbocycles. The molecule has 2 aliphatic rings. The number of benzene rings is 1. The van der Waals surface area contributed by atoms with Gasteiger partial charge in [-0.25, -0.2) is 17.5 Å². The average molecular weight is 356 g/mol. The molecule has 1 atom stereocenters. The molecule has 1 aromatic rings. The predicted octanol–water partition coefficient (Wildman–Crippen LogP) is 1.75. The maximum atomic E-state index is 13.2. The summed E-state index contributed by atoms with van der Waals surface area (Å²) >= 11 is 0. The lowest BCUT2D eigenvalue weighted by molar-refractivity contribution is -0.181. The highest BCUT2D eigenvalue weighted by molar-refractivity contribution is 7.89. The molecule has 3 rings (SSSR count). The van der Waals surface area contributed by atoms with Gasteiger partial charge in [0.25, 0.3) is 0 Å². The topological polar surface area (TPSA) is 58.6 Å². The van der Waals surface area contributed by atoms with E-state index in [9.17, 15) is 12.8 Å². The van der Waals surface area contributed by atoms with Crippen LogP contribution in [0.4, 0.5) is 4.39 Å². The maximum Gasteiger partial charge on any atom is 0.211 e. The van der Waals surface area contributed by atoms with E-state index in [0.29, 0.717) is 13.2 Å².